The molecule has 0 radical (unpaired) electrons. The average molecular weight is 254 g/mol. The first kappa shape index (κ1) is 12.3. The van der Waals surface area contributed by atoms with Gasteiger partial charge in [-0.05, 0) is 37.6 Å². The van der Waals surface area contributed by atoms with Crippen LogP contribution in [-0.2, 0) is 4.79 Å². The lowest BCUT2D eigenvalue weighted by Crippen LogP contribution is -2.48. The van der Waals surface area contributed by atoms with Crippen molar-refractivity contribution in [3.05, 3.63) is 23.0 Å². The van der Waals surface area contributed by atoms with Crippen LogP contribution in [0.25, 0.3) is 0 Å². The Morgan fingerprint density at radius 1 is 1.65 bits per heavy atom. The molecule has 1 aliphatic rings. The number of amides is 1. The highest BCUT2D eigenvalue weighted by Crippen LogP contribution is 2.23. The third-order valence-corrected chi connectivity index (χ3v) is 3.47. The molecule has 1 fully saturated rings. The maximum atomic E-state index is 12.0. The molecule has 2 rings (SSSR count). The van der Waals surface area contributed by atoms with E-state index in [-0.39, 0.29) is 11.8 Å². The van der Waals surface area contributed by atoms with E-state index >= 15 is 0 Å². The van der Waals surface area contributed by atoms with Crippen molar-refractivity contribution in [3.63, 3.8) is 0 Å². The molecule has 2 N–H and O–H groups in total. The second-order valence-corrected chi connectivity index (χ2v) is 4.91. The largest absolute Gasteiger partial charge is 0.323 e. The molecule has 0 aromatic carbocycles. The summed E-state index contributed by atoms with van der Waals surface area (Å²) < 4.78 is 0. The van der Waals surface area contributed by atoms with Crippen LogP contribution in [0.1, 0.15) is 12.5 Å². The number of nitrogens with zero attached hydrogens (tertiary/aromatic N) is 1. The van der Waals surface area contributed by atoms with E-state index < -0.39 is 0 Å². The fourth-order valence-corrected chi connectivity index (χ4v) is 1.92. The van der Waals surface area contributed by atoms with Crippen molar-refractivity contribution in [2.75, 3.05) is 18.4 Å². The number of aryl methyl sites for hydroxylation is 1. The van der Waals surface area contributed by atoms with E-state index in [0.29, 0.717) is 16.8 Å². The smallest absolute Gasteiger partial charge is 0.227 e. The van der Waals surface area contributed by atoms with Gasteiger partial charge in [0.25, 0.3) is 0 Å². The van der Waals surface area contributed by atoms with Crippen molar-refractivity contribution < 1.29 is 4.79 Å². The monoisotopic (exact) mass is 253 g/mol. The Labute approximate surface area is 106 Å². The molecule has 1 saturated heterocycles. The number of aromatic nitrogens is 1. The Hall–Kier alpha value is -1.13. The van der Waals surface area contributed by atoms with Crippen LogP contribution in [0.15, 0.2) is 12.3 Å². The Morgan fingerprint density at radius 2 is 2.35 bits per heavy atom. The molecular formula is C12H16ClN3O. The van der Waals surface area contributed by atoms with E-state index in [4.69, 9.17) is 11.6 Å². The van der Waals surface area contributed by atoms with Crippen LogP contribution in [0.5, 0.6) is 0 Å². The van der Waals surface area contributed by atoms with E-state index in [2.05, 4.69) is 15.6 Å². The van der Waals surface area contributed by atoms with E-state index in [1.807, 2.05) is 19.9 Å². The minimum Gasteiger partial charge on any atom is -0.323 e. The number of carbonyl (C=O) groups is 1. The Morgan fingerprint density at radius 3 is 2.94 bits per heavy atom. The van der Waals surface area contributed by atoms with E-state index in [9.17, 15) is 4.79 Å². The van der Waals surface area contributed by atoms with Gasteiger partial charge < -0.3 is 10.6 Å². The standard InChI is InChI=1S/C12H16ClN3O/c1-7-3-10(11(13)15-4-7)16-12(17)8(2)9-5-14-6-9/h3-4,8-9,14H,5-6H2,1-2H3,(H,16,17). The van der Waals surface area contributed by atoms with Gasteiger partial charge in [0, 0.05) is 12.1 Å². The molecule has 1 atom stereocenters. The predicted octanol–water partition coefficient (Wildman–Crippen LogP) is 1.84. The van der Waals surface area contributed by atoms with Crippen molar-refractivity contribution >= 4 is 23.2 Å². The first-order valence-electron chi connectivity index (χ1n) is 5.71. The molecular weight excluding hydrogens is 238 g/mol. The first-order chi connectivity index (χ1) is 8.08. The zero-order chi connectivity index (χ0) is 12.4. The summed E-state index contributed by atoms with van der Waals surface area (Å²) in [6, 6.07) is 1.83. The van der Waals surface area contributed by atoms with Gasteiger partial charge >= 0.3 is 0 Å². The molecule has 1 amide bonds. The summed E-state index contributed by atoms with van der Waals surface area (Å²) in [4.78, 5) is 16.0. The van der Waals surface area contributed by atoms with Crippen LogP contribution < -0.4 is 10.6 Å². The number of carbonyl (C=O) groups excluding carboxylic acids is 1. The molecule has 1 aromatic rings. The van der Waals surface area contributed by atoms with E-state index in [1.54, 1.807) is 6.20 Å². The zero-order valence-corrected chi connectivity index (χ0v) is 10.7. The topological polar surface area (TPSA) is 54.0 Å². The van der Waals surface area contributed by atoms with Crippen LogP contribution in [0.2, 0.25) is 5.15 Å². The van der Waals surface area contributed by atoms with E-state index in [0.717, 1.165) is 18.7 Å². The van der Waals surface area contributed by atoms with Crippen LogP contribution in [0, 0.1) is 18.8 Å². The van der Waals surface area contributed by atoms with Crippen molar-refractivity contribution in [2.24, 2.45) is 11.8 Å². The molecule has 1 aliphatic heterocycles. The molecule has 2 heterocycles. The Balaban J connectivity index is 2.04. The Bertz CT molecular complexity index is 432. The average Bonchev–Trinajstić information content (AvgIpc) is 2.21. The van der Waals surface area contributed by atoms with Crippen LogP contribution in [0.3, 0.4) is 0 Å². The molecule has 17 heavy (non-hydrogen) atoms. The summed E-state index contributed by atoms with van der Waals surface area (Å²) in [6.07, 6.45) is 1.68. The second-order valence-electron chi connectivity index (χ2n) is 4.55. The van der Waals surface area contributed by atoms with Gasteiger partial charge in [0.15, 0.2) is 5.15 Å². The molecule has 1 aromatic heterocycles. The fraction of sp³-hybridized carbons (Fsp3) is 0.500. The van der Waals surface area contributed by atoms with Gasteiger partial charge in [0.05, 0.1) is 5.69 Å². The number of anilines is 1. The van der Waals surface area contributed by atoms with E-state index in [1.165, 1.54) is 0 Å². The molecule has 0 aliphatic carbocycles. The molecule has 5 heteroatoms. The van der Waals surface area contributed by atoms with Crippen LogP contribution in [-0.4, -0.2) is 24.0 Å². The predicted molar refractivity (Wildman–Crippen MR) is 68.1 cm³/mol. The summed E-state index contributed by atoms with van der Waals surface area (Å²) in [7, 11) is 0. The normalized spacial score (nSPS) is 17.4. The first-order valence-corrected chi connectivity index (χ1v) is 6.09. The number of rotatable bonds is 3. The van der Waals surface area contributed by atoms with Crippen LogP contribution in [0.4, 0.5) is 5.69 Å². The molecule has 0 spiro atoms. The summed E-state index contributed by atoms with van der Waals surface area (Å²) in [5, 5.41) is 6.34. The molecule has 0 bridgehead atoms. The SMILES string of the molecule is Cc1cnc(Cl)c(NC(=O)C(C)C2CNC2)c1. The van der Waals surface area contributed by atoms with Crippen molar-refractivity contribution in [1.29, 1.82) is 0 Å². The quantitative estimate of drug-likeness (QED) is 0.809. The maximum absolute atomic E-state index is 12.0. The fourth-order valence-electron chi connectivity index (χ4n) is 1.77. The highest BCUT2D eigenvalue weighted by atomic mass is 35.5. The summed E-state index contributed by atoms with van der Waals surface area (Å²) >= 11 is 5.93. The van der Waals surface area contributed by atoms with Gasteiger partial charge in [-0.3, -0.25) is 4.79 Å². The molecule has 1 unspecified atom stereocenters. The molecule has 4 nitrogen and oxygen atoms in total. The zero-order valence-electron chi connectivity index (χ0n) is 9.96. The lowest BCUT2D eigenvalue weighted by molar-refractivity contribution is -0.121. The highest BCUT2D eigenvalue weighted by molar-refractivity contribution is 6.32. The Kier molecular flexibility index (Phi) is 3.64. The lowest BCUT2D eigenvalue weighted by atomic mass is 9.88. The summed E-state index contributed by atoms with van der Waals surface area (Å²) in [5.74, 6) is 0.421. The third-order valence-electron chi connectivity index (χ3n) is 3.17. The summed E-state index contributed by atoms with van der Waals surface area (Å²) in [6.45, 7) is 5.68. The van der Waals surface area contributed by atoms with Gasteiger partial charge in [-0.2, -0.15) is 0 Å². The highest BCUT2D eigenvalue weighted by Gasteiger charge is 2.28. The summed E-state index contributed by atoms with van der Waals surface area (Å²) in [5.41, 5.74) is 1.57. The number of halogens is 1. The number of pyridine rings is 1. The number of hydrogen-bond donors (Lipinski definition) is 2. The second kappa shape index (κ2) is 5.02. The number of hydrogen-bond acceptors (Lipinski definition) is 3. The molecule has 92 valence electrons. The van der Waals surface area contributed by atoms with Crippen LogP contribution >= 0.6 is 11.6 Å². The van der Waals surface area contributed by atoms with Gasteiger partial charge in [-0.25, -0.2) is 4.98 Å². The minimum absolute atomic E-state index is 0.00537. The van der Waals surface area contributed by atoms with Crippen molar-refractivity contribution in [2.45, 2.75) is 13.8 Å². The van der Waals surface area contributed by atoms with Gasteiger partial charge in [-0.1, -0.05) is 18.5 Å². The van der Waals surface area contributed by atoms with Gasteiger partial charge in [-0.15, -0.1) is 0 Å². The van der Waals surface area contributed by atoms with Crippen molar-refractivity contribution in [3.8, 4) is 0 Å². The lowest BCUT2D eigenvalue weighted by Gasteiger charge is -2.31. The third kappa shape index (κ3) is 2.76. The minimum atomic E-state index is -0.00664. The van der Waals surface area contributed by atoms with Gasteiger partial charge in [0.1, 0.15) is 0 Å². The van der Waals surface area contributed by atoms with Crippen molar-refractivity contribution in [1.82, 2.24) is 10.3 Å². The van der Waals surface area contributed by atoms with Gasteiger partial charge in [0.2, 0.25) is 5.91 Å². The molecule has 0 saturated carbocycles. The number of nitrogens with one attached hydrogen (secondary N) is 2. The maximum Gasteiger partial charge on any atom is 0.227 e.